The topological polar surface area (TPSA) is 60.9 Å². The van der Waals surface area contributed by atoms with Crippen LogP contribution in [0.3, 0.4) is 0 Å². The maximum Gasteiger partial charge on any atom is 0.230 e. The van der Waals surface area contributed by atoms with Gasteiger partial charge in [-0.25, -0.2) is 4.68 Å². The first kappa shape index (κ1) is 20.3. The number of nitrogens with two attached hydrogens (primary N) is 1. The minimum atomic E-state index is -0.674. The number of para-hydroxylation sites is 1. The Morgan fingerprint density at radius 1 is 0.806 bits per heavy atom. The molecule has 2 saturated carbocycles. The number of aromatic nitrogens is 2. The third kappa shape index (κ3) is 3.37. The van der Waals surface area contributed by atoms with Gasteiger partial charge < -0.3 is 5.73 Å². The van der Waals surface area contributed by atoms with Crippen LogP contribution in [-0.4, -0.2) is 15.7 Å². The fraction of sp³-hybridized carbons (Fsp3) is 0.481. The summed E-state index contributed by atoms with van der Waals surface area (Å²) in [4.78, 5) is 13.7. The maximum absolute atomic E-state index is 13.7. The molecule has 1 aromatic heterocycles. The molecule has 0 bridgehead atoms. The van der Waals surface area contributed by atoms with Crippen LogP contribution in [-0.2, 0) is 10.2 Å². The highest BCUT2D eigenvalue weighted by atomic mass is 16.1. The monoisotopic (exact) mass is 415 g/mol. The first-order chi connectivity index (χ1) is 15.2. The normalized spacial score (nSPS) is 19.0. The lowest BCUT2D eigenvalue weighted by molar-refractivity contribution is -0.130. The summed E-state index contributed by atoms with van der Waals surface area (Å²) in [6, 6.07) is 18.6. The zero-order valence-corrected chi connectivity index (χ0v) is 18.3. The number of nitrogens with zero attached hydrogens (tertiary/aromatic N) is 2. The largest absolute Gasteiger partial charge is 0.369 e. The van der Waals surface area contributed by atoms with E-state index in [2.05, 4.69) is 35.0 Å². The molecular formula is C27H33N3O. The van der Waals surface area contributed by atoms with Crippen LogP contribution in [0.5, 0.6) is 0 Å². The molecule has 2 fully saturated rings. The quantitative estimate of drug-likeness (QED) is 0.563. The number of rotatable bonds is 5. The number of primary amides is 1. The van der Waals surface area contributed by atoms with Crippen molar-refractivity contribution in [2.45, 2.75) is 69.6 Å². The molecule has 1 heterocycles. The van der Waals surface area contributed by atoms with Crippen LogP contribution in [0.25, 0.3) is 16.6 Å². The van der Waals surface area contributed by atoms with Gasteiger partial charge in [-0.1, -0.05) is 74.9 Å². The maximum atomic E-state index is 13.7. The third-order valence-corrected chi connectivity index (χ3v) is 7.88. The Morgan fingerprint density at radius 3 is 1.94 bits per heavy atom. The second-order valence-corrected chi connectivity index (χ2v) is 9.52. The van der Waals surface area contributed by atoms with Gasteiger partial charge in [0.05, 0.1) is 22.3 Å². The molecule has 4 heteroatoms. The van der Waals surface area contributed by atoms with Crippen LogP contribution in [0.2, 0.25) is 0 Å². The van der Waals surface area contributed by atoms with E-state index in [1.165, 1.54) is 38.5 Å². The fourth-order valence-electron chi connectivity index (χ4n) is 6.54. The van der Waals surface area contributed by atoms with Crippen molar-refractivity contribution in [2.75, 3.05) is 0 Å². The standard InChI is InChI=1S/C27H33N3O/c28-26(31)27(20-12-4-1-5-13-20,21-14-6-2-7-15-21)25-23-18-10-11-19-24(23)29-30(25)22-16-8-3-9-17-22/h3,8-11,16-21H,1-2,4-7,12-15H2,(H2,28,31). The van der Waals surface area contributed by atoms with Gasteiger partial charge in [0.25, 0.3) is 0 Å². The molecule has 0 unspecified atom stereocenters. The molecule has 162 valence electrons. The molecule has 3 aromatic rings. The highest BCUT2D eigenvalue weighted by molar-refractivity contribution is 5.94. The zero-order valence-electron chi connectivity index (χ0n) is 18.3. The highest BCUT2D eigenvalue weighted by Gasteiger charge is 2.54. The van der Waals surface area contributed by atoms with Crippen molar-refractivity contribution in [3.8, 4) is 5.69 Å². The average Bonchev–Trinajstić information content (AvgIpc) is 3.21. The van der Waals surface area contributed by atoms with E-state index in [0.29, 0.717) is 0 Å². The Kier molecular flexibility index (Phi) is 5.56. The average molecular weight is 416 g/mol. The first-order valence-electron chi connectivity index (χ1n) is 12.1. The Labute approximate surface area is 184 Å². The summed E-state index contributed by atoms with van der Waals surface area (Å²) in [7, 11) is 0. The summed E-state index contributed by atoms with van der Waals surface area (Å²) >= 11 is 0. The summed E-state index contributed by atoms with van der Waals surface area (Å²) in [6.45, 7) is 0. The molecule has 2 aliphatic rings. The Morgan fingerprint density at radius 2 is 1.35 bits per heavy atom. The van der Waals surface area contributed by atoms with Crippen LogP contribution in [0.15, 0.2) is 54.6 Å². The van der Waals surface area contributed by atoms with Crippen molar-refractivity contribution >= 4 is 16.8 Å². The van der Waals surface area contributed by atoms with Gasteiger partial charge in [0.2, 0.25) is 5.91 Å². The lowest BCUT2D eigenvalue weighted by atomic mass is 9.56. The van der Waals surface area contributed by atoms with Crippen LogP contribution in [0, 0.1) is 11.8 Å². The van der Waals surface area contributed by atoms with Crippen molar-refractivity contribution in [2.24, 2.45) is 17.6 Å². The molecular weight excluding hydrogens is 382 g/mol. The number of hydrogen-bond acceptors (Lipinski definition) is 2. The van der Waals surface area contributed by atoms with E-state index in [0.717, 1.165) is 48.0 Å². The van der Waals surface area contributed by atoms with Crippen molar-refractivity contribution < 1.29 is 4.79 Å². The smallest absolute Gasteiger partial charge is 0.230 e. The van der Waals surface area contributed by atoms with Gasteiger partial charge >= 0.3 is 0 Å². The van der Waals surface area contributed by atoms with Gasteiger partial charge in [-0.3, -0.25) is 4.79 Å². The van der Waals surface area contributed by atoms with Gasteiger partial charge in [0, 0.05) is 5.39 Å². The summed E-state index contributed by atoms with van der Waals surface area (Å²) in [5.74, 6) is 0.419. The number of carbonyl (C=O) groups is 1. The first-order valence-corrected chi connectivity index (χ1v) is 12.1. The second-order valence-electron chi connectivity index (χ2n) is 9.52. The van der Waals surface area contributed by atoms with E-state index < -0.39 is 5.41 Å². The lowest BCUT2D eigenvalue weighted by Gasteiger charge is -2.47. The highest BCUT2D eigenvalue weighted by Crippen LogP contribution is 2.52. The predicted octanol–water partition coefficient (Wildman–Crippen LogP) is 5.91. The van der Waals surface area contributed by atoms with Crippen molar-refractivity contribution in [3.05, 3.63) is 60.3 Å². The molecule has 2 N–H and O–H groups in total. The van der Waals surface area contributed by atoms with Gasteiger partial charge in [0.15, 0.2) is 0 Å². The van der Waals surface area contributed by atoms with Crippen molar-refractivity contribution in [3.63, 3.8) is 0 Å². The van der Waals surface area contributed by atoms with Crippen LogP contribution >= 0.6 is 0 Å². The van der Waals surface area contributed by atoms with Crippen molar-refractivity contribution in [1.82, 2.24) is 9.78 Å². The molecule has 0 spiro atoms. The fourth-order valence-corrected chi connectivity index (χ4v) is 6.54. The van der Waals surface area contributed by atoms with Crippen LogP contribution < -0.4 is 5.73 Å². The van der Waals surface area contributed by atoms with Gasteiger partial charge in [-0.2, -0.15) is 5.10 Å². The molecule has 2 aliphatic carbocycles. The van der Waals surface area contributed by atoms with Gasteiger partial charge in [-0.15, -0.1) is 0 Å². The molecule has 0 saturated heterocycles. The predicted molar refractivity (Wildman–Crippen MR) is 125 cm³/mol. The number of hydrogen-bond donors (Lipinski definition) is 1. The Balaban J connectivity index is 1.83. The van der Waals surface area contributed by atoms with E-state index in [9.17, 15) is 4.79 Å². The molecule has 2 aromatic carbocycles. The SMILES string of the molecule is NC(=O)C(c1c2ccccc2nn1-c1ccccc1)(C1CCCCC1)C1CCCCC1. The van der Waals surface area contributed by atoms with E-state index in [1.54, 1.807) is 0 Å². The summed E-state index contributed by atoms with van der Waals surface area (Å²) < 4.78 is 2.05. The summed E-state index contributed by atoms with van der Waals surface area (Å²) in [5, 5.41) is 6.11. The molecule has 0 aliphatic heterocycles. The van der Waals surface area contributed by atoms with E-state index in [4.69, 9.17) is 10.8 Å². The minimum absolute atomic E-state index is 0.144. The van der Waals surface area contributed by atoms with Gasteiger partial charge in [0.1, 0.15) is 0 Å². The van der Waals surface area contributed by atoms with Crippen molar-refractivity contribution in [1.29, 1.82) is 0 Å². The Hall–Kier alpha value is -2.62. The zero-order chi connectivity index (χ0) is 21.3. The molecule has 0 radical (unpaired) electrons. The minimum Gasteiger partial charge on any atom is -0.369 e. The van der Waals surface area contributed by atoms with E-state index in [-0.39, 0.29) is 17.7 Å². The number of carbonyl (C=O) groups excluding carboxylic acids is 1. The van der Waals surface area contributed by atoms with Crippen LogP contribution in [0.1, 0.15) is 69.9 Å². The second kappa shape index (κ2) is 8.49. The number of amides is 1. The number of benzene rings is 2. The third-order valence-electron chi connectivity index (χ3n) is 7.88. The number of fused-ring (bicyclic) bond motifs is 1. The molecule has 4 nitrogen and oxygen atoms in total. The molecule has 0 atom stereocenters. The van der Waals surface area contributed by atoms with E-state index >= 15 is 0 Å². The summed E-state index contributed by atoms with van der Waals surface area (Å²) in [6.07, 6.45) is 11.6. The van der Waals surface area contributed by atoms with E-state index in [1.807, 2.05) is 24.3 Å². The van der Waals surface area contributed by atoms with Gasteiger partial charge in [-0.05, 0) is 55.7 Å². The molecule has 31 heavy (non-hydrogen) atoms. The van der Waals surface area contributed by atoms with Crippen LogP contribution in [0.4, 0.5) is 0 Å². The Bertz CT molecular complexity index is 1020. The lowest BCUT2D eigenvalue weighted by Crippen LogP contribution is -2.54. The molecule has 5 rings (SSSR count). The molecule has 1 amide bonds. The summed E-state index contributed by atoms with van der Waals surface area (Å²) in [5.41, 5.74) is 8.80.